The van der Waals surface area contributed by atoms with Crippen molar-refractivity contribution >= 4 is 27.9 Å². The molecule has 1 atom stereocenters. The van der Waals surface area contributed by atoms with Crippen molar-refractivity contribution in [1.29, 1.82) is 0 Å². The van der Waals surface area contributed by atoms with Gasteiger partial charge in [0, 0.05) is 40.9 Å². The molecule has 204 valence electrons. The lowest BCUT2D eigenvalue weighted by Crippen LogP contribution is -2.26. The molecule has 41 heavy (non-hydrogen) atoms. The Kier molecular flexibility index (Phi) is 6.98. The smallest absolute Gasteiger partial charge is 0.316 e. The molecule has 0 aliphatic carbocycles. The Hall–Kier alpha value is -4.96. The van der Waals surface area contributed by atoms with Crippen LogP contribution in [0.3, 0.4) is 0 Å². The highest BCUT2D eigenvalue weighted by Gasteiger charge is 2.21. The van der Waals surface area contributed by atoms with Crippen LogP contribution in [0.25, 0.3) is 38.8 Å². The van der Waals surface area contributed by atoms with Gasteiger partial charge in [0.15, 0.2) is 0 Å². The molecule has 0 unspecified atom stereocenters. The summed E-state index contributed by atoms with van der Waals surface area (Å²) in [5, 5.41) is 7.91. The zero-order chi connectivity index (χ0) is 28.5. The maximum atomic E-state index is 14.4. The zero-order valence-electron chi connectivity index (χ0n) is 23.0. The van der Waals surface area contributed by atoms with E-state index in [1.165, 1.54) is 7.11 Å². The number of nitrogens with one attached hydrogen (secondary N) is 1. The first-order valence-corrected chi connectivity index (χ1v) is 13.9. The van der Waals surface area contributed by atoms with Gasteiger partial charge in [-0.05, 0) is 49.9 Å². The second kappa shape index (κ2) is 10.9. The van der Waals surface area contributed by atoms with Gasteiger partial charge in [-0.15, -0.1) is 11.3 Å². The molecule has 9 nitrogen and oxygen atoms in total. The number of benzene rings is 2. The van der Waals surface area contributed by atoms with Gasteiger partial charge in [0.2, 0.25) is 0 Å². The second-order valence-electron chi connectivity index (χ2n) is 9.57. The van der Waals surface area contributed by atoms with Gasteiger partial charge in [0.1, 0.15) is 11.6 Å². The minimum atomic E-state index is -0.298. The van der Waals surface area contributed by atoms with Crippen LogP contribution in [-0.2, 0) is 0 Å². The Bertz CT molecular complexity index is 1920. The molecule has 0 saturated carbocycles. The van der Waals surface area contributed by atoms with E-state index in [9.17, 15) is 4.79 Å². The van der Waals surface area contributed by atoms with Crippen molar-refractivity contribution in [3.05, 3.63) is 105 Å². The first kappa shape index (κ1) is 26.3. The summed E-state index contributed by atoms with van der Waals surface area (Å²) < 4.78 is 6.88. The SMILES string of the molecule is COc1ncc(-c2cccc3cc([C@H](C)Nc4nc(C)ncc4-c4csc(C)n4)n(-c4ccccc4)c(=O)c23)cn1. The number of ether oxygens (including phenoxy) is 1. The van der Waals surface area contributed by atoms with E-state index in [0.29, 0.717) is 17.0 Å². The summed E-state index contributed by atoms with van der Waals surface area (Å²) in [4.78, 5) is 36.7. The van der Waals surface area contributed by atoms with Crippen molar-refractivity contribution in [2.75, 3.05) is 12.4 Å². The first-order chi connectivity index (χ1) is 19.9. The number of fused-ring (bicyclic) bond motifs is 1. The summed E-state index contributed by atoms with van der Waals surface area (Å²) in [5.41, 5.74) is 4.51. The minimum absolute atomic E-state index is 0.141. The highest BCUT2D eigenvalue weighted by molar-refractivity contribution is 7.09. The molecule has 1 N–H and O–H groups in total. The number of rotatable bonds is 7. The molecule has 6 rings (SSSR count). The normalized spacial score (nSPS) is 11.9. The summed E-state index contributed by atoms with van der Waals surface area (Å²) in [7, 11) is 1.52. The monoisotopic (exact) mass is 561 g/mol. The second-order valence-corrected chi connectivity index (χ2v) is 10.6. The van der Waals surface area contributed by atoms with Gasteiger partial charge in [-0.1, -0.05) is 36.4 Å². The lowest BCUT2D eigenvalue weighted by atomic mass is 9.99. The van der Waals surface area contributed by atoms with Gasteiger partial charge in [-0.2, -0.15) is 0 Å². The van der Waals surface area contributed by atoms with Crippen LogP contribution in [0, 0.1) is 13.8 Å². The van der Waals surface area contributed by atoms with E-state index in [1.54, 1.807) is 34.5 Å². The molecule has 0 amide bonds. The van der Waals surface area contributed by atoms with Crippen LogP contribution in [0.15, 0.2) is 83.4 Å². The van der Waals surface area contributed by atoms with Crippen molar-refractivity contribution in [3.63, 3.8) is 0 Å². The van der Waals surface area contributed by atoms with Crippen LogP contribution in [0.5, 0.6) is 6.01 Å². The van der Waals surface area contributed by atoms with Crippen LogP contribution in [0.4, 0.5) is 5.82 Å². The Labute approximate surface area is 240 Å². The van der Waals surface area contributed by atoms with Crippen molar-refractivity contribution in [2.45, 2.75) is 26.8 Å². The molecule has 0 radical (unpaired) electrons. The van der Waals surface area contributed by atoms with Crippen LogP contribution in [0.1, 0.15) is 29.5 Å². The first-order valence-electron chi connectivity index (χ1n) is 13.1. The maximum absolute atomic E-state index is 14.4. The number of hydrogen-bond acceptors (Lipinski definition) is 9. The number of para-hydroxylation sites is 1. The molecule has 0 saturated heterocycles. The van der Waals surface area contributed by atoms with Crippen molar-refractivity contribution in [3.8, 4) is 34.1 Å². The lowest BCUT2D eigenvalue weighted by Gasteiger charge is -2.23. The summed E-state index contributed by atoms with van der Waals surface area (Å²) in [5.74, 6) is 1.30. The van der Waals surface area contributed by atoms with Crippen LogP contribution < -0.4 is 15.6 Å². The Morgan fingerprint density at radius 1 is 0.927 bits per heavy atom. The molecule has 0 spiro atoms. The molecule has 6 aromatic rings. The molecule has 0 bridgehead atoms. The summed E-state index contributed by atoms with van der Waals surface area (Å²) in [6.45, 7) is 5.85. The largest absolute Gasteiger partial charge is 0.467 e. The fourth-order valence-corrected chi connectivity index (χ4v) is 5.49. The quantitative estimate of drug-likeness (QED) is 0.247. The third kappa shape index (κ3) is 5.05. The standard InChI is InChI=1S/C31H27N7O2S/c1-18(35-29-25(16-32-19(2)36-29)26-17-41-20(3)37-26)27-13-21-9-8-12-24(22-14-33-31(40-4)34-15-22)28(21)30(39)38(27)23-10-6-5-7-11-23/h5-18H,1-4H3,(H,32,35,36)/t18-/m0/s1. The Morgan fingerprint density at radius 3 is 2.41 bits per heavy atom. The van der Waals surface area contributed by atoms with Gasteiger partial charge in [-0.25, -0.2) is 24.9 Å². The van der Waals surface area contributed by atoms with E-state index in [4.69, 9.17) is 9.72 Å². The third-order valence-corrected chi connectivity index (χ3v) is 7.59. The minimum Gasteiger partial charge on any atom is -0.467 e. The number of methoxy groups -OCH3 is 1. The van der Waals surface area contributed by atoms with E-state index in [0.717, 1.165) is 44.2 Å². The molecular weight excluding hydrogens is 534 g/mol. The van der Waals surface area contributed by atoms with Gasteiger partial charge in [0.25, 0.3) is 5.56 Å². The molecule has 4 aromatic heterocycles. The fraction of sp³-hybridized carbons (Fsp3) is 0.161. The zero-order valence-corrected chi connectivity index (χ0v) is 23.8. The third-order valence-electron chi connectivity index (χ3n) is 6.81. The van der Waals surface area contributed by atoms with Gasteiger partial charge < -0.3 is 10.1 Å². The van der Waals surface area contributed by atoms with Crippen molar-refractivity contribution < 1.29 is 4.74 Å². The number of aromatic nitrogens is 6. The lowest BCUT2D eigenvalue weighted by molar-refractivity contribution is 0.380. The van der Waals surface area contributed by atoms with Crippen LogP contribution in [0.2, 0.25) is 0 Å². The summed E-state index contributed by atoms with van der Waals surface area (Å²) in [6.07, 6.45) is 5.13. The Morgan fingerprint density at radius 2 is 1.71 bits per heavy atom. The fourth-order valence-electron chi connectivity index (χ4n) is 4.88. The van der Waals surface area contributed by atoms with Gasteiger partial charge in [-0.3, -0.25) is 9.36 Å². The predicted octanol–water partition coefficient (Wildman–Crippen LogP) is 6.16. The number of anilines is 1. The molecule has 0 aliphatic rings. The van der Waals surface area contributed by atoms with Crippen molar-refractivity contribution in [2.24, 2.45) is 0 Å². The molecule has 2 aromatic carbocycles. The average Bonchev–Trinajstić information content (AvgIpc) is 3.43. The number of hydrogen-bond donors (Lipinski definition) is 1. The van der Waals surface area contributed by atoms with Crippen molar-refractivity contribution in [1.82, 2.24) is 29.5 Å². The summed E-state index contributed by atoms with van der Waals surface area (Å²) >= 11 is 1.58. The molecular formula is C31H27N7O2S. The average molecular weight is 562 g/mol. The predicted molar refractivity (Wildman–Crippen MR) is 162 cm³/mol. The van der Waals surface area contributed by atoms with E-state index >= 15 is 0 Å². The van der Waals surface area contributed by atoms with Gasteiger partial charge in [0.05, 0.1) is 34.8 Å². The highest BCUT2D eigenvalue weighted by Crippen LogP contribution is 2.32. The van der Waals surface area contributed by atoms with Gasteiger partial charge >= 0.3 is 6.01 Å². The number of nitrogens with zero attached hydrogens (tertiary/aromatic N) is 6. The van der Waals surface area contributed by atoms with E-state index in [-0.39, 0.29) is 17.6 Å². The maximum Gasteiger partial charge on any atom is 0.316 e. The number of pyridine rings is 1. The van der Waals surface area contributed by atoms with E-state index in [2.05, 4.69) is 31.3 Å². The number of aryl methyl sites for hydroxylation is 2. The van der Waals surface area contributed by atoms with Crippen LogP contribution >= 0.6 is 11.3 Å². The number of thiazole rings is 1. The van der Waals surface area contributed by atoms with E-state index in [1.807, 2.05) is 74.7 Å². The Balaban J connectivity index is 1.52. The summed E-state index contributed by atoms with van der Waals surface area (Å²) in [6, 6.07) is 17.5. The van der Waals surface area contributed by atoms with Crippen LogP contribution in [-0.4, -0.2) is 36.6 Å². The highest BCUT2D eigenvalue weighted by atomic mass is 32.1. The molecule has 0 fully saturated rings. The molecule has 10 heteroatoms. The molecule has 4 heterocycles. The topological polar surface area (TPSA) is 108 Å². The molecule has 0 aliphatic heterocycles. The van der Waals surface area contributed by atoms with E-state index < -0.39 is 0 Å².